The minimum absolute atomic E-state index is 0.298. The first-order chi connectivity index (χ1) is 11.7. The Labute approximate surface area is 144 Å². The highest BCUT2D eigenvalue weighted by molar-refractivity contribution is 5.79. The topological polar surface area (TPSA) is 54.3 Å². The van der Waals surface area contributed by atoms with Gasteiger partial charge in [0.15, 0.2) is 0 Å². The molecule has 3 heterocycles. The van der Waals surface area contributed by atoms with E-state index in [-0.39, 0.29) is 0 Å². The summed E-state index contributed by atoms with van der Waals surface area (Å²) < 4.78 is 2.32. The zero-order valence-electron chi connectivity index (χ0n) is 14.8. The van der Waals surface area contributed by atoms with Crippen molar-refractivity contribution in [2.45, 2.75) is 64.0 Å². The van der Waals surface area contributed by atoms with Crippen molar-refractivity contribution in [1.82, 2.24) is 24.6 Å². The van der Waals surface area contributed by atoms with E-state index < -0.39 is 0 Å². The third-order valence-electron chi connectivity index (χ3n) is 6.10. The van der Waals surface area contributed by atoms with Crippen molar-refractivity contribution < 1.29 is 4.79 Å². The molecule has 1 amide bonds. The Morgan fingerprint density at radius 1 is 0.958 bits per heavy atom. The molecule has 0 unspecified atom stereocenters. The van der Waals surface area contributed by atoms with Crippen LogP contribution in [0.5, 0.6) is 0 Å². The summed E-state index contributed by atoms with van der Waals surface area (Å²) in [6.07, 6.45) is 8.03. The Morgan fingerprint density at radius 3 is 2.46 bits per heavy atom. The number of rotatable bonds is 2. The quantitative estimate of drug-likeness (QED) is 0.832. The van der Waals surface area contributed by atoms with Gasteiger partial charge in [-0.05, 0) is 32.7 Å². The van der Waals surface area contributed by atoms with Gasteiger partial charge in [0, 0.05) is 38.0 Å². The molecule has 1 saturated heterocycles. The van der Waals surface area contributed by atoms with Gasteiger partial charge in [-0.25, -0.2) is 0 Å². The van der Waals surface area contributed by atoms with Crippen LogP contribution in [0.1, 0.15) is 62.5 Å². The van der Waals surface area contributed by atoms with Crippen molar-refractivity contribution in [2.75, 3.05) is 26.7 Å². The second-order valence-corrected chi connectivity index (χ2v) is 7.80. The molecule has 6 heteroatoms. The van der Waals surface area contributed by atoms with Gasteiger partial charge in [0.25, 0.3) is 0 Å². The molecule has 0 atom stereocenters. The SMILES string of the molecule is CN1CCn2c(nnc2C2CCN(C(=O)C3CCCCC3)CC2)C1. The van der Waals surface area contributed by atoms with E-state index in [1.165, 1.54) is 19.3 Å². The Hall–Kier alpha value is -1.43. The molecule has 0 bridgehead atoms. The first-order valence-corrected chi connectivity index (χ1v) is 9.61. The average Bonchev–Trinajstić information content (AvgIpc) is 3.05. The lowest BCUT2D eigenvalue weighted by Crippen LogP contribution is -2.42. The maximum absolute atomic E-state index is 12.7. The van der Waals surface area contributed by atoms with E-state index in [1.807, 2.05) is 0 Å². The van der Waals surface area contributed by atoms with Crippen LogP contribution in [-0.2, 0) is 17.9 Å². The fourth-order valence-electron chi connectivity index (χ4n) is 4.57. The lowest BCUT2D eigenvalue weighted by Gasteiger charge is -2.35. The minimum atomic E-state index is 0.298. The second-order valence-electron chi connectivity index (χ2n) is 7.80. The van der Waals surface area contributed by atoms with Crippen molar-refractivity contribution >= 4 is 5.91 Å². The fraction of sp³-hybridized carbons (Fsp3) is 0.833. The Kier molecular flexibility index (Phi) is 4.57. The zero-order chi connectivity index (χ0) is 16.5. The molecule has 4 rings (SSSR count). The fourth-order valence-corrected chi connectivity index (χ4v) is 4.57. The molecule has 1 aliphatic carbocycles. The number of hydrogen-bond donors (Lipinski definition) is 0. The minimum Gasteiger partial charge on any atom is -0.342 e. The van der Waals surface area contributed by atoms with E-state index in [4.69, 9.17) is 0 Å². The highest BCUT2D eigenvalue weighted by atomic mass is 16.2. The van der Waals surface area contributed by atoms with Crippen LogP contribution in [0.15, 0.2) is 0 Å². The largest absolute Gasteiger partial charge is 0.342 e. The van der Waals surface area contributed by atoms with E-state index in [0.717, 1.165) is 70.1 Å². The van der Waals surface area contributed by atoms with E-state index >= 15 is 0 Å². The van der Waals surface area contributed by atoms with Gasteiger partial charge in [0.2, 0.25) is 5.91 Å². The molecular weight excluding hydrogens is 302 g/mol. The van der Waals surface area contributed by atoms with Crippen molar-refractivity contribution in [3.63, 3.8) is 0 Å². The number of carbonyl (C=O) groups excluding carboxylic acids is 1. The van der Waals surface area contributed by atoms with Gasteiger partial charge in [-0.2, -0.15) is 0 Å². The highest BCUT2D eigenvalue weighted by Crippen LogP contribution is 2.31. The summed E-state index contributed by atoms with van der Waals surface area (Å²) in [7, 11) is 2.13. The summed E-state index contributed by atoms with van der Waals surface area (Å²) in [5.74, 6) is 3.43. The number of hydrogen-bond acceptors (Lipinski definition) is 4. The van der Waals surface area contributed by atoms with Crippen LogP contribution in [0.4, 0.5) is 0 Å². The van der Waals surface area contributed by atoms with Crippen LogP contribution in [-0.4, -0.2) is 57.2 Å². The summed E-state index contributed by atoms with van der Waals surface area (Å²) in [6, 6.07) is 0. The number of nitrogens with zero attached hydrogens (tertiary/aromatic N) is 5. The van der Waals surface area contributed by atoms with Gasteiger partial charge in [-0.15, -0.1) is 10.2 Å². The maximum atomic E-state index is 12.7. The van der Waals surface area contributed by atoms with Crippen LogP contribution in [0.25, 0.3) is 0 Å². The van der Waals surface area contributed by atoms with Gasteiger partial charge in [-0.3, -0.25) is 9.69 Å². The predicted molar refractivity (Wildman–Crippen MR) is 91.5 cm³/mol. The molecule has 6 nitrogen and oxygen atoms in total. The number of piperidine rings is 1. The third kappa shape index (κ3) is 3.08. The van der Waals surface area contributed by atoms with Crippen LogP contribution < -0.4 is 0 Å². The molecule has 0 spiro atoms. The number of likely N-dealkylation sites (tertiary alicyclic amines) is 1. The van der Waals surface area contributed by atoms with E-state index in [9.17, 15) is 4.79 Å². The Morgan fingerprint density at radius 2 is 1.71 bits per heavy atom. The normalized spacial score (nSPS) is 24.1. The van der Waals surface area contributed by atoms with Gasteiger partial charge < -0.3 is 9.47 Å². The van der Waals surface area contributed by atoms with E-state index in [0.29, 0.717) is 17.7 Å². The molecule has 2 aliphatic heterocycles. The first kappa shape index (κ1) is 16.1. The number of carbonyl (C=O) groups is 1. The highest BCUT2D eigenvalue weighted by Gasteiger charge is 2.32. The summed E-state index contributed by atoms with van der Waals surface area (Å²) >= 11 is 0. The van der Waals surface area contributed by atoms with Crippen LogP contribution in [0, 0.1) is 5.92 Å². The van der Waals surface area contributed by atoms with Gasteiger partial charge >= 0.3 is 0 Å². The van der Waals surface area contributed by atoms with Crippen molar-refractivity contribution in [3.05, 3.63) is 11.6 Å². The maximum Gasteiger partial charge on any atom is 0.225 e. The lowest BCUT2D eigenvalue weighted by molar-refractivity contribution is -0.137. The van der Waals surface area contributed by atoms with Gasteiger partial charge in [0.1, 0.15) is 11.6 Å². The second kappa shape index (κ2) is 6.82. The number of fused-ring (bicyclic) bond motifs is 1. The summed E-state index contributed by atoms with van der Waals surface area (Å²) in [4.78, 5) is 17.1. The van der Waals surface area contributed by atoms with Crippen LogP contribution >= 0.6 is 0 Å². The standard InChI is InChI=1S/C18H29N5O/c1-21-11-12-23-16(13-21)19-20-17(23)14-7-9-22(10-8-14)18(24)15-5-3-2-4-6-15/h14-15H,2-13H2,1H3. The zero-order valence-corrected chi connectivity index (χ0v) is 14.8. The molecule has 0 aromatic carbocycles. The summed E-state index contributed by atoms with van der Waals surface area (Å²) in [5, 5.41) is 8.90. The molecule has 1 saturated carbocycles. The molecule has 1 aromatic heterocycles. The van der Waals surface area contributed by atoms with Crippen molar-refractivity contribution in [2.24, 2.45) is 5.92 Å². The molecule has 24 heavy (non-hydrogen) atoms. The number of likely N-dealkylation sites (N-methyl/N-ethyl adjacent to an activating group) is 1. The van der Waals surface area contributed by atoms with Gasteiger partial charge in [-0.1, -0.05) is 19.3 Å². The average molecular weight is 331 g/mol. The molecule has 1 aromatic rings. The van der Waals surface area contributed by atoms with E-state index in [2.05, 4.69) is 31.6 Å². The smallest absolute Gasteiger partial charge is 0.225 e. The molecule has 3 aliphatic rings. The molecular formula is C18H29N5O. The molecule has 0 radical (unpaired) electrons. The predicted octanol–water partition coefficient (Wildman–Crippen LogP) is 2.01. The van der Waals surface area contributed by atoms with Crippen LogP contribution in [0.3, 0.4) is 0 Å². The molecule has 0 N–H and O–H groups in total. The Bertz CT molecular complexity index is 584. The summed E-state index contributed by atoms with van der Waals surface area (Å²) in [5.41, 5.74) is 0. The third-order valence-corrected chi connectivity index (χ3v) is 6.10. The van der Waals surface area contributed by atoms with Crippen LogP contribution in [0.2, 0.25) is 0 Å². The lowest BCUT2D eigenvalue weighted by atomic mass is 9.87. The Balaban J connectivity index is 1.37. The summed E-state index contributed by atoms with van der Waals surface area (Å²) in [6.45, 7) is 4.74. The van der Waals surface area contributed by atoms with Crippen molar-refractivity contribution in [1.29, 1.82) is 0 Å². The van der Waals surface area contributed by atoms with E-state index in [1.54, 1.807) is 0 Å². The van der Waals surface area contributed by atoms with Gasteiger partial charge in [0.05, 0.1) is 6.54 Å². The molecule has 132 valence electrons. The first-order valence-electron chi connectivity index (χ1n) is 9.61. The number of amides is 1. The molecule has 2 fully saturated rings. The van der Waals surface area contributed by atoms with Crippen molar-refractivity contribution in [3.8, 4) is 0 Å². The monoisotopic (exact) mass is 331 g/mol. The number of aromatic nitrogens is 3.